The minimum Gasteiger partial charge on any atom is -0.493 e. The van der Waals surface area contributed by atoms with Gasteiger partial charge in [0.2, 0.25) is 5.91 Å². The van der Waals surface area contributed by atoms with Gasteiger partial charge in [-0.3, -0.25) is 19.2 Å². The number of hydrogen-bond donors (Lipinski definition) is 1. The molecule has 1 aliphatic heterocycles. The number of methoxy groups -OCH3 is 1. The third kappa shape index (κ3) is 7.08. The average Bonchev–Trinajstić information content (AvgIpc) is 3.76. The van der Waals surface area contributed by atoms with Crippen LogP contribution in [0, 0.1) is 5.92 Å². The Balaban J connectivity index is 1.13. The van der Waals surface area contributed by atoms with E-state index in [1.54, 1.807) is 18.8 Å². The van der Waals surface area contributed by atoms with Crippen LogP contribution in [0.15, 0.2) is 48.5 Å². The lowest BCUT2D eigenvalue weighted by Crippen LogP contribution is -2.49. The molecule has 1 N–H and O–H groups in total. The van der Waals surface area contributed by atoms with Crippen LogP contribution in [-0.2, 0) is 31.5 Å². The molecule has 9 nitrogen and oxygen atoms in total. The van der Waals surface area contributed by atoms with E-state index >= 15 is 0 Å². The lowest BCUT2D eigenvalue weighted by atomic mass is 10.1. The van der Waals surface area contributed by atoms with E-state index < -0.39 is 0 Å². The molecule has 0 unspecified atom stereocenters. The van der Waals surface area contributed by atoms with Gasteiger partial charge in [-0.05, 0) is 36.1 Å². The zero-order valence-corrected chi connectivity index (χ0v) is 24.6. The Morgan fingerprint density at radius 1 is 1.02 bits per heavy atom. The van der Waals surface area contributed by atoms with Crippen molar-refractivity contribution in [3.8, 4) is 11.5 Å². The number of hydrogen-bond acceptors (Lipinski definition) is 6. The standard InChI is InChI=1S/C32H41N5O4/c1-22(2)32(39)37-16-14-36(15-17-37)20-23-8-10-24(11-9-23)21-41-29-7-5-6-26(30(29)40-4)19-33-31(38)28-18-27(25-12-13-25)34-35(28)3/h5-11,18,22,25H,12-17,19-21H2,1-4H3,(H,33,38). The minimum absolute atomic E-state index is 0.0528. The summed E-state index contributed by atoms with van der Waals surface area (Å²) in [6.07, 6.45) is 2.29. The molecule has 2 aliphatic rings. The van der Waals surface area contributed by atoms with Gasteiger partial charge in [0.05, 0.1) is 12.8 Å². The number of nitrogens with zero attached hydrogens (tertiary/aromatic N) is 4. The molecule has 2 amide bonds. The highest BCUT2D eigenvalue weighted by atomic mass is 16.5. The summed E-state index contributed by atoms with van der Waals surface area (Å²) < 4.78 is 13.5. The van der Waals surface area contributed by atoms with Gasteiger partial charge in [-0.2, -0.15) is 5.10 Å². The van der Waals surface area contributed by atoms with Gasteiger partial charge in [-0.15, -0.1) is 0 Å². The second kappa shape index (κ2) is 12.8. The van der Waals surface area contributed by atoms with Crippen LogP contribution < -0.4 is 14.8 Å². The molecule has 0 radical (unpaired) electrons. The monoisotopic (exact) mass is 559 g/mol. The molecule has 2 fully saturated rings. The van der Waals surface area contributed by atoms with Crippen molar-refractivity contribution in [3.05, 3.63) is 76.6 Å². The summed E-state index contributed by atoms with van der Waals surface area (Å²) in [5.41, 5.74) is 4.70. The predicted molar refractivity (Wildman–Crippen MR) is 157 cm³/mol. The fraction of sp³-hybridized carbons (Fsp3) is 0.469. The van der Waals surface area contributed by atoms with Crippen LogP contribution in [-0.4, -0.2) is 64.7 Å². The van der Waals surface area contributed by atoms with Crippen LogP contribution in [0.1, 0.15) is 65.5 Å². The Labute approximate surface area is 242 Å². The minimum atomic E-state index is -0.161. The van der Waals surface area contributed by atoms with E-state index in [1.165, 1.54) is 5.56 Å². The number of benzene rings is 2. The quantitative estimate of drug-likeness (QED) is 0.380. The summed E-state index contributed by atoms with van der Waals surface area (Å²) >= 11 is 0. The van der Waals surface area contributed by atoms with E-state index in [2.05, 4.69) is 39.6 Å². The smallest absolute Gasteiger partial charge is 0.269 e. The first kappa shape index (κ1) is 28.7. The van der Waals surface area contributed by atoms with Gasteiger partial charge in [0.15, 0.2) is 11.5 Å². The Morgan fingerprint density at radius 2 is 1.73 bits per heavy atom. The summed E-state index contributed by atoms with van der Waals surface area (Å²) in [5.74, 6) is 1.88. The van der Waals surface area contributed by atoms with Crippen LogP contribution in [0.3, 0.4) is 0 Å². The first-order valence-corrected chi connectivity index (χ1v) is 14.5. The van der Waals surface area contributed by atoms with Gasteiger partial charge in [0, 0.05) is 63.7 Å². The first-order valence-electron chi connectivity index (χ1n) is 14.5. The van der Waals surface area contributed by atoms with Gasteiger partial charge < -0.3 is 19.7 Å². The molecule has 0 spiro atoms. The number of amides is 2. The fourth-order valence-corrected chi connectivity index (χ4v) is 5.24. The summed E-state index contributed by atoms with van der Waals surface area (Å²) in [6.45, 7) is 8.87. The molecule has 5 rings (SSSR count). The fourth-order valence-electron chi connectivity index (χ4n) is 5.24. The van der Waals surface area contributed by atoms with E-state index in [9.17, 15) is 9.59 Å². The summed E-state index contributed by atoms with van der Waals surface area (Å²) in [6, 6.07) is 16.1. The van der Waals surface area contributed by atoms with Crippen molar-refractivity contribution in [1.82, 2.24) is 24.9 Å². The number of piperazine rings is 1. The second-order valence-electron chi connectivity index (χ2n) is 11.3. The van der Waals surface area contributed by atoms with Crippen LogP contribution in [0.4, 0.5) is 0 Å². The maximum Gasteiger partial charge on any atom is 0.269 e. The molecule has 41 heavy (non-hydrogen) atoms. The van der Waals surface area contributed by atoms with Gasteiger partial charge in [-0.1, -0.05) is 50.2 Å². The van der Waals surface area contributed by atoms with Gasteiger partial charge in [-0.25, -0.2) is 0 Å². The zero-order chi connectivity index (χ0) is 28.9. The Morgan fingerprint density at radius 3 is 2.39 bits per heavy atom. The number of carbonyl (C=O) groups excluding carboxylic acids is 2. The van der Waals surface area contributed by atoms with Crippen LogP contribution in [0.5, 0.6) is 11.5 Å². The first-order chi connectivity index (χ1) is 19.8. The average molecular weight is 560 g/mol. The topological polar surface area (TPSA) is 88.9 Å². The van der Waals surface area contributed by atoms with E-state index in [-0.39, 0.29) is 17.7 Å². The SMILES string of the molecule is COc1c(CNC(=O)c2cc(C3CC3)nn2C)cccc1OCc1ccc(CN2CCN(C(=O)C(C)C)CC2)cc1. The largest absolute Gasteiger partial charge is 0.493 e. The van der Waals surface area contributed by atoms with E-state index in [0.29, 0.717) is 36.3 Å². The number of nitrogens with one attached hydrogen (secondary N) is 1. The van der Waals surface area contributed by atoms with Gasteiger partial charge in [0.1, 0.15) is 12.3 Å². The molecule has 9 heteroatoms. The molecule has 1 aromatic heterocycles. The van der Waals surface area contributed by atoms with Crippen molar-refractivity contribution >= 4 is 11.8 Å². The van der Waals surface area contributed by atoms with E-state index in [0.717, 1.165) is 62.4 Å². The molecular formula is C32H41N5O4. The maximum absolute atomic E-state index is 12.8. The van der Waals surface area contributed by atoms with Crippen molar-refractivity contribution in [2.24, 2.45) is 13.0 Å². The Hall–Kier alpha value is -3.85. The van der Waals surface area contributed by atoms with Crippen molar-refractivity contribution in [2.45, 2.75) is 52.3 Å². The number of aromatic nitrogens is 2. The molecule has 0 bridgehead atoms. The predicted octanol–water partition coefficient (Wildman–Crippen LogP) is 4.12. The molecule has 3 aromatic rings. The molecule has 0 atom stereocenters. The van der Waals surface area contributed by atoms with E-state index in [1.807, 2.05) is 43.0 Å². The molecule has 1 saturated heterocycles. The van der Waals surface area contributed by atoms with Crippen molar-refractivity contribution in [1.29, 1.82) is 0 Å². The lowest BCUT2D eigenvalue weighted by molar-refractivity contribution is -0.136. The normalized spacial score (nSPS) is 15.7. The van der Waals surface area contributed by atoms with Crippen LogP contribution >= 0.6 is 0 Å². The highest BCUT2D eigenvalue weighted by Gasteiger charge is 2.28. The number of para-hydroxylation sites is 1. The highest BCUT2D eigenvalue weighted by Crippen LogP contribution is 2.39. The van der Waals surface area contributed by atoms with Crippen LogP contribution in [0.25, 0.3) is 0 Å². The summed E-state index contributed by atoms with van der Waals surface area (Å²) in [4.78, 5) is 29.5. The molecule has 1 aliphatic carbocycles. The maximum atomic E-state index is 12.8. The van der Waals surface area contributed by atoms with Crippen molar-refractivity contribution < 1.29 is 19.1 Å². The number of aryl methyl sites for hydroxylation is 1. The number of ether oxygens (including phenoxy) is 2. The Kier molecular flexibility index (Phi) is 8.93. The number of carbonyl (C=O) groups is 2. The summed E-state index contributed by atoms with van der Waals surface area (Å²) in [7, 11) is 3.42. The van der Waals surface area contributed by atoms with Gasteiger partial charge >= 0.3 is 0 Å². The molecule has 2 aromatic carbocycles. The third-order valence-electron chi connectivity index (χ3n) is 7.83. The van der Waals surface area contributed by atoms with Gasteiger partial charge in [0.25, 0.3) is 5.91 Å². The molecule has 2 heterocycles. The third-order valence-corrected chi connectivity index (χ3v) is 7.83. The zero-order valence-electron chi connectivity index (χ0n) is 24.6. The Bertz CT molecular complexity index is 1350. The highest BCUT2D eigenvalue weighted by molar-refractivity contribution is 5.92. The molecular weight excluding hydrogens is 518 g/mol. The lowest BCUT2D eigenvalue weighted by Gasteiger charge is -2.35. The molecule has 218 valence electrons. The van der Waals surface area contributed by atoms with E-state index in [4.69, 9.17) is 9.47 Å². The van der Waals surface area contributed by atoms with Crippen molar-refractivity contribution in [2.75, 3.05) is 33.3 Å². The second-order valence-corrected chi connectivity index (χ2v) is 11.3. The van der Waals surface area contributed by atoms with Crippen LogP contribution in [0.2, 0.25) is 0 Å². The number of rotatable bonds is 11. The molecule has 1 saturated carbocycles. The summed E-state index contributed by atoms with van der Waals surface area (Å²) in [5, 5.41) is 7.49. The van der Waals surface area contributed by atoms with Crippen molar-refractivity contribution in [3.63, 3.8) is 0 Å².